The number of anilines is 1. The molecule has 0 spiro atoms. The molecule has 0 aliphatic heterocycles. The van der Waals surface area contributed by atoms with E-state index in [2.05, 4.69) is 15.0 Å². The van der Waals surface area contributed by atoms with Crippen LogP contribution >= 0.6 is 22.9 Å². The van der Waals surface area contributed by atoms with Gasteiger partial charge in [0.05, 0.1) is 7.11 Å². The fraction of sp³-hybridized carbons (Fsp3) is 0.556. The second kappa shape index (κ2) is 6.03. The van der Waals surface area contributed by atoms with Crippen LogP contribution in [0.2, 0.25) is 5.15 Å². The van der Waals surface area contributed by atoms with Crippen LogP contribution in [0, 0.1) is 5.92 Å². The Hall–Kier alpha value is -0.850. The van der Waals surface area contributed by atoms with Crippen LogP contribution in [-0.2, 0) is 4.74 Å². The molecular formula is C9H13ClN2O3S. The van der Waals surface area contributed by atoms with Crippen LogP contribution in [0.4, 0.5) is 5.13 Å². The number of nitrogens with zero attached hydrogens (tertiary/aromatic N) is 1. The molecule has 1 aromatic heterocycles. The SMILES string of the molecule is COC(=O)c1sc(NCC(C)CO)nc1Cl. The van der Waals surface area contributed by atoms with Gasteiger partial charge in [-0.2, -0.15) is 0 Å². The third kappa shape index (κ3) is 3.33. The first-order valence-electron chi connectivity index (χ1n) is 4.67. The number of nitrogens with one attached hydrogen (secondary N) is 1. The summed E-state index contributed by atoms with van der Waals surface area (Å²) in [6.45, 7) is 2.56. The lowest BCUT2D eigenvalue weighted by Gasteiger charge is -2.07. The van der Waals surface area contributed by atoms with Crippen molar-refractivity contribution in [1.29, 1.82) is 0 Å². The summed E-state index contributed by atoms with van der Waals surface area (Å²) in [6, 6.07) is 0. The van der Waals surface area contributed by atoms with Crippen molar-refractivity contribution in [2.75, 3.05) is 25.6 Å². The number of ether oxygens (including phenoxy) is 1. The molecule has 0 aliphatic rings. The number of carbonyl (C=O) groups is 1. The molecule has 0 bridgehead atoms. The number of hydrogen-bond donors (Lipinski definition) is 2. The maximum atomic E-state index is 11.2. The lowest BCUT2D eigenvalue weighted by Crippen LogP contribution is -2.14. The van der Waals surface area contributed by atoms with Crippen molar-refractivity contribution in [3.05, 3.63) is 10.0 Å². The van der Waals surface area contributed by atoms with Gasteiger partial charge in [0.25, 0.3) is 0 Å². The molecule has 1 aromatic rings. The highest BCUT2D eigenvalue weighted by Gasteiger charge is 2.17. The lowest BCUT2D eigenvalue weighted by molar-refractivity contribution is 0.0606. The molecule has 0 radical (unpaired) electrons. The van der Waals surface area contributed by atoms with Gasteiger partial charge in [-0.1, -0.05) is 29.9 Å². The van der Waals surface area contributed by atoms with Crippen LogP contribution in [0.5, 0.6) is 0 Å². The molecule has 7 heteroatoms. The molecule has 90 valence electrons. The fourth-order valence-corrected chi connectivity index (χ4v) is 2.03. The van der Waals surface area contributed by atoms with E-state index in [9.17, 15) is 4.79 Å². The van der Waals surface area contributed by atoms with Crippen molar-refractivity contribution in [2.24, 2.45) is 5.92 Å². The van der Waals surface area contributed by atoms with Crippen molar-refractivity contribution in [3.8, 4) is 0 Å². The lowest BCUT2D eigenvalue weighted by atomic mass is 10.2. The van der Waals surface area contributed by atoms with Gasteiger partial charge in [-0.05, 0) is 5.92 Å². The first kappa shape index (κ1) is 13.2. The Kier molecular flexibility index (Phi) is 4.98. The topological polar surface area (TPSA) is 71.5 Å². The quantitative estimate of drug-likeness (QED) is 0.791. The summed E-state index contributed by atoms with van der Waals surface area (Å²) < 4.78 is 4.56. The predicted molar refractivity (Wildman–Crippen MR) is 63.2 cm³/mol. The van der Waals surface area contributed by atoms with Gasteiger partial charge in [0.1, 0.15) is 0 Å². The van der Waals surface area contributed by atoms with Gasteiger partial charge in [0.2, 0.25) is 0 Å². The minimum atomic E-state index is -0.495. The van der Waals surface area contributed by atoms with Crippen LogP contribution in [0.1, 0.15) is 16.6 Å². The molecular weight excluding hydrogens is 252 g/mol. The van der Waals surface area contributed by atoms with E-state index < -0.39 is 5.97 Å². The molecule has 0 aliphatic carbocycles. The van der Waals surface area contributed by atoms with Crippen LogP contribution in [-0.4, -0.2) is 36.3 Å². The normalized spacial score (nSPS) is 12.2. The highest BCUT2D eigenvalue weighted by Crippen LogP contribution is 2.27. The maximum Gasteiger partial charge on any atom is 0.351 e. The summed E-state index contributed by atoms with van der Waals surface area (Å²) >= 11 is 6.91. The number of aromatic nitrogens is 1. The zero-order valence-corrected chi connectivity index (χ0v) is 10.6. The van der Waals surface area contributed by atoms with Gasteiger partial charge in [0, 0.05) is 13.2 Å². The van der Waals surface area contributed by atoms with Crippen molar-refractivity contribution >= 4 is 34.0 Å². The number of aliphatic hydroxyl groups is 1. The van der Waals surface area contributed by atoms with E-state index in [0.29, 0.717) is 11.7 Å². The minimum absolute atomic E-state index is 0.0932. The zero-order valence-electron chi connectivity index (χ0n) is 8.99. The van der Waals surface area contributed by atoms with Crippen LogP contribution in [0.25, 0.3) is 0 Å². The number of methoxy groups -OCH3 is 1. The number of carbonyl (C=O) groups excluding carboxylic acids is 1. The third-order valence-corrected chi connectivity index (χ3v) is 3.25. The van der Waals surface area contributed by atoms with Crippen LogP contribution in [0.3, 0.4) is 0 Å². The van der Waals surface area contributed by atoms with E-state index in [1.54, 1.807) is 0 Å². The van der Waals surface area contributed by atoms with Gasteiger partial charge in [-0.3, -0.25) is 0 Å². The molecule has 0 saturated carbocycles. The largest absolute Gasteiger partial charge is 0.465 e. The highest BCUT2D eigenvalue weighted by atomic mass is 35.5. The zero-order chi connectivity index (χ0) is 12.1. The Labute approximate surface area is 102 Å². The van der Waals surface area contributed by atoms with Crippen molar-refractivity contribution in [3.63, 3.8) is 0 Å². The monoisotopic (exact) mass is 264 g/mol. The molecule has 2 N–H and O–H groups in total. The Morgan fingerprint density at radius 3 is 3.00 bits per heavy atom. The van der Waals surface area contributed by atoms with Gasteiger partial charge in [0.15, 0.2) is 15.2 Å². The van der Waals surface area contributed by atoms with E-state index in [1.807, 2.05) is 6.92 Å². The molecule has 0 aromatic carbocycles. The van der Waals surface area contributed by atoms with E-state index in [4.69, 9.17) is 16.7 Å². The average molecular weight is 265 g/mol. The molecule has 1 atom stereocenters. The molecule has 0 saturated heterocycles. The van der Waals surface area contributed by atoms with Crippen molar-refractivity contribution < 1.29 is 14.6 Å². The van der Waals surface area contributed by atoms with E-state index >= 15 is 0 Å². The summed E-state index contributed by atoms with van der Waals surface area (Å²) in [5, 5.41) is 12.5. The molecule has 5 nitrogen and oxygen atoms in total. The fourth-order valence-electron chi connectivity index (χ4n) is 0.922. The predicted octanol–water partition coefficient (Wildman–Crippen LogP) is 1.62. The molecule has 0 amide bonds. The average Bonchev–Trinajstić information content (AvgIpc) is 2.66. The Morgan fingerprint density at radius 2 is 2.44 bits per heavy atom. The second-order valence-corrected chi connectivity index (χ2v) is 4.66. The number of thiazole rings is 1. The summed E-state index contributed by atoms with van der Waals surface area (Å²) in [4.78, 5) is 15.5. The van der Waals surface area contributed by atoms with Gasteiger partial charge < -0.3 is 15.2 Å². The maximum absolute atomic E-state index is 11.2. The summed E-state index contributed by atoms with van der Waals surface area (Å²) in [6.07, 6.45) is 0. The third-order valence-electron chi connectivity index (χ3n) is 1.87. The smallest absolute Gasteiger partial charge is 0.351 e. The van der Waals surface area contributed by atoms with E-state index in [1.165, 1.54) is 7.11 Å². The number of hydrogen-bond acceptors (Lipinski definition) is 6. The Balaban J connectivity index is 2.66. The van der Waals surface area contributed by atoms with Crippen LogP contribution < -0.4 is 5.32 Å². The molecule has 0 fully saturated rings. The van der Waals surface area contributed by atoms with Crippen LogP contribution in [0.15, 0.2) is 0 Å². The first-order valence-corrected chi connectivity index (χ1v) is 5.87. The number of halogens is 1. The Bertz CT molecular complexity index is 370. The summed E-state index contributed by atoms with van der Waals surface area (Å²) in [7, 11) is 1.29. The number of esters is 1. The highest BCUT2D eigenvalue weighted by molar-refractivity contribution is 7.18. The molecule has 16 heavy (non-hydrogen) atoms. The van der Waals surface area contributed by atoms with Crippen molar-refractivity contribution in [2.45, 2.75) is 6.92 Å². The minimum Gasteiger partial charge on any atom is -0.465 e. The molecule has 1 rings (SSSR count). The number of aliphatic hydroxyl groups excluding tert-OH is 1. The standard InChI is InChI=1S/C9H13ClN2O3S/c1-5(4-13)3-11-9-12-7(10)6(16-9)8(14)15-2/h5,13H,3-4H2,1-2H3,(H,11,12). The van der Waals surface area contributed by atoms with Gasteiger partial charge in [-0.15, -0.1) is 0 Å². The Morgan fingerprint density at radius 1 is 1.75 bits per heavy atom. The first-order chi connectivity index (χ1) is 7.58. The van der Waals surface area contributed by atoms with Crippen molar-refractivity contribution in [1.82, 2.24) is 4.98 Å². The summed E-state index contributed by atoms with van der Waals surface area (Å²) in [5.74, 6) is -0.380. The molecule has 1 heterocycles. The van der Waals surface area contributed by atoms with Gasteiger partial charge in [-0.25, -0.2) is 9.78 Å². The number of rotatable bonds is 5. The molecule has 1 unspecified atom stereocenters. The van der Waals surface area contributed by atoms with E-state index in [-0.39, 0.29) is 22.6 Å². The van der Waals surface area contributed by atoms with Gasteiger partial charge >= 0.3 is 5.97 Å². The van der Waals surface area contributed by atoms with E-state index in [0.717, 1.165) is 11.3 Å². The second-order valence-electron chi connectivity index (χ2n) is 3.30. The summed E-state index contributed by atoms with van der Waals surface area (Å²) in [5.41, 5.74) is 0.